The maximum Gasteiger partial charge on any atom is 0.0178 e. The van der Waals surface area contributed by atoms with Crippen molar-refractivity contribution in [2.24, 2.45) is 5.73 Å². The first-order valence-corrected chi connectivity index (χ1v) is 7.40. The third-order valence-electron chi connectivity index (χ3n) is 2.47. The molecule has 0 amide bonds. The van der Waals surface area contributed by atoms with Gasteiger partial charge in [-0.05, 0) is 43.5 Å². The third-order valence-corrected chi connectivity index (χ3v) is 4.35. The van der Waals surface area contributed by atoms with Gasteiger partial charge in [0.15, 0.2) is 0 Å². The molecule has 0 aliphatic carbocycles. The van der Waals surface area contributed by atoms with E-state index in [-0.39, 0.29) is 6.04 Å². The lowest BCUT2D eigenvalue weighted by molar-refractivity contribution is 0.728. The summed E-state index contributed by atoms with van der Waals surface area (Å²) in [6, 6.07) is 6.70. The number of thioether (sulfide) groups is 1. The number of nitrogens with two attached hydrogens (primary N) is 1. The van der Waals surface area contributed by atoms with Crippen molar-refractivity contribution in [1.29, 1.82) is 0 Å². The highest BCUT2D eigenvalue weighted by Gasteiger charge is 2.09. The number of halogens is 1. The van der Waals surface area contributed by atoms with Crippen molar-refractivity contribution in [3.63, 3.8) is 0 Å². The molecule has 0 aromatic heterocycles. The number of hydrogen-bond acceptors (Lipinski definition) is 2. The van der Waals surface area contributed by atoms with E-state index < -0.39 is 0 Å². The Balaban J connectivity index is 2.88. The fraction of sp³-hybridized carbons (Fsp3) is 0.538. The van der Waals surface area contributed by atoms with Gasteiger partial charge in [0.2, 0.25) is 0 Å². The highest BCUT2D eigenvalue weighted by Crippen LogP contribution is 2.30. The molecule has 2 N–H and O–H groups in total. The summed E-state index contributed by atoms with van der Waals surface area (Å²) in [6.07, 6.45) is 2.14. The Kier molecular flexibility index (Phi) is 5.87. The summed E-state index contributed by atoms with van der Waals surface area (Å²) in [6.45, 7) is 6.54. The van der Waals surface area contributed by atoms with Gasteiger partial charge in [0.1, 0.15) is 0 Å². The van der Waals surface area contributed by atoms with Crippen molar-refractivity contribution in [3.8, 4) is 0 Å². The molecule has 0 aliphatic rings. The normalized spacial score (nSPS) is 14.8. The molecule has 0 radical (unpaired) electrons. The van der Waals surface area contributed by atoms with Crippen LogP contribution in [0.4, 0.5) is 0 Å². The highest BCUT2D eigenvalue weighted by molar-refractivity contribution is 9.10. The van der Waals surface area contributed by atoms with Crippen LogP contribution < -0.4 is 5.73 Å². The first kappa shape index (κ1) is 14.1. The molecule has 2 atom stereocenters. The van der Waals surface area contributed by atoms with E-state index in [1.165, 1.54) is 16.9 Å². The quantitative estimate of drug-likeness (QED) is 0.824. The smallest absolute Gasteiger partial charge is 0.0178 e. The molecule has 0 saturated heterocycles. The van der Waals surface area contributed by atoms with Gasteiger partial charge in [0.05, 0.1) is 0 Å². The largest absolute Gasteiger partial charge is 0.328 e. The van der Waals surface area contributed by atoms with Crippen LogP contribution in [0.1, 0.15) is 32.8 Å². The highest BCUT2D eigenvalue weighted by atomic mass is 79.9. The lowest BCUT2D eigenvalue weighted by atomic mass is 10.1. The van der Waals surface area contributed by atoms with Crippen LogP contribution in [-0.2, 0) is 6.42 Å². The van der Waals surface area contributed by atoms with Gasteiger partial charge in [-0.2, -0.15) is 0 Å². The van der Waals surface area contributed by atoms with Crippen molar-refractivity contribution in [2.45, 2.75) is 49.8 Å². The summed E-state index contributed by atoms with van der Waals surface area (Å²) in [4.78, 5) is 1.37. The molecule has 0 heterocycles. The fourth-order valence-corrected chi connectivity index (χ4v) is 2.92. The lowest BCUT2D eigenvalue weighted by Gasteiger charge is -2.14. The van der Waals surface area contributed by atoms with Gasteiger partial charge in [-0.15, -0.1) is 11.8 Å². The Morgan fingerprint density at radius 1 is 1.38 bits per heavy atom. The van der Waals surface area contributed by atoms with E-state index in [0.29, 0.717) is 5.25 Å². The molecule has 1 aromatic carbocycles. The van der Waals surface area contributed by atoms with Gasteiger partial charge < -0.3 is 5.73 Å². The van der Waals surface area contributed by atoms with Crippen LogP contribution in [0, 0.1) is 0 Å². The fourth-order valence-electron chi connectivity index (χ4n) is 1.47. The van der Waals surface area contributed by atoms with E-state index in [0.717, 1.165) is 10.9 Å². The zero-order valence-corrected chi connectivity index (χ0v) is 12.6. The first-order chi connectivity index (χ1) is 7.52. The molecule has 1 nitrogen and oxygen atoms in total. The predicted molar refractivity (Wildman–Crippen MR) is 77.1 cm³/mol. The van der Waals surface area contributed by atoms with Crippen LogP contribution in [-0.4, -0.2) is 11.3 Å². The van der Waals surface area contributed by atoms with E-state index in [9.17, 15) is 0 Å². The standard InChI is InChI=1S/C13H20BrNS/c1-4-10(3)16-13-6-5-12(14)8-11(13)7-9(2)15/h5-6,8-10H,4,7,15H2,1-3H3. The summed E-state index contributed by atoms with van der Waals surface area (Å²) in [5, 5.41) is 0.660. The van der Waals surface area contributed by atoms with E-state index >= 15 is 0 Å². The van der Waals surface area contributed by atoms with Crippen LogP contribution in [0.15, 0.2) is 27.6 Å². The van der Waals surface area contributed by atoms with E-state index in [2.05, 4.69) is 54.9 Å². The van der Waals surface area contributed by atoms with E-state index in [1.807, 2.05) is 11.8 Å². The van der Waals surface area contributed by atoms with E-state index in [1.54, 1.807) is 0 Å². The van der Waals surface area contributed by atoms with Crippen molar-refractivity contribution < 1.29 is 0 Å². The molecule has 0 spiro atoms. The molecule has 2 unspecified atom stereocenters. The Hall–Kier alpha value is 0.01000. The summed E-state index contributed by atoms with van der Waals surface area (Å²) in [5.41, 5.74) is 7.24. The molecular formula is C13H20BrNS. The minimum Gasteiger partial charge on any atom is -0.328 e. The van der Waals surface area contributed by atoms with Crippen molar-refractivity contribution in [3.05, 3.63) is 28.2 Å². The number of rotatable bonds is 5. The Morgan fingerprint density at radius 3 is 2.62 bits per heavy atom. The second-order valence-corrected chi connectivity index (χ2v) is 6.67. The zero-order valence-electron chi connectivity index (χ0n) is 10.2. The van der Waals surface area contributed by atoms with E-state index in [4.69, 9.17) is 5.73 Å². The third kappa shape index (κ3) is 4.48. The van der Waals surface area contributed by atoms with Gasteiger partial charge >= 0.3 is 0 Å². The maximum absolute atomic E-state index is 5.88. The molecule has 3 heteroatoms. The van der Waals surface area contributed by atoms with Gasteiger partial charge in [-0.1, -0.05) is 29.8 Å². The minimum absolute atomic E-state index is 0.214. The monoisotopic (exact) mass is 301 g/mol. The van der Waals surface area contributed by atoms with Gasteiger partial charge in [-0.25, -0.2) is 0 Å². The molecule has 0 bridgehead atoms. The summed E-state index contributed by atoms with van der Waals surface area (Å²) in [5.74, 6) is 0. The molecule has 0 saturated carbocycles. The molecule has 90 valence electrons. The predicted octanol–water partition coefficient (Wildman–Crippen LogP) is 4.23. The Morgan fingerprint density at radius 2 is 2.06 bits per heavy atom. The molecule has 0 aliphatic heterocycles. The van der Waals surface area contributed by atoms with Crippen molar-refractivity contribution in [1.82, 2.24) is 0 Å². The minimum atomic E-state index is 0.214. The van der Waals surface area contributed by atoms with Gasteiger partial charge in [-0.3, -0.25) is 0 Å². The summed E-state index contributed by atoms with van der Waals surface area (Å²) in [7, 11) is 0. The topological polar surface area (TPSA) is 26.0 Å². The summed E-state index contributed by atoms with van der Waals surface area (Å²) >= 11 is 5.46. The second kappa shape index (κ2) is 6.67. The van der Waals surface area contributed by atoms with Crippen molar-refractivity contribution in [2.75, 3.05) is 0 Å². The summed E-state index contributed by atoms with van der Waals surface area (Å²) < 4.78 is 1.14. The number of benzene rings is 1. The van der Waals surface area contributed by atoms with Crippen LogP contribution in [0.2, 0.25) is 0 Å². The maximum atomic E-state index is 5.88. The molecule has 1 aromatic rings. The Labute approximate surface area is 111 Å². The van der Waals surface area contributed by atoms with Gasteiger partial charge in [0.25, 0.3) is 0 Å². The molecule has 16 heavy (non-hydrogen) atoms. The number of hydrogen-bond donors (Lipinski definition) is 1. The zero-order chi connectivity index (χ0) is 12.1. The van der Waals surface area contributed by atoms with Crippen LogP contribution in [0.25, 0.3) is 0 Å². The van der Waals surface area contributed by atoms with Gasteiger partial charge in [0, 0.05) is 20.7 Å². The average molecular weight is 302 g/mol. The Bertz CT molecular complexity index is 339. The van der Waals surface area contributed by atoms with Crippen molar-refractivity contribution >= 4 is 27.7 Å². The van der Waals surface area contributed by atoms with Crippen LogP contribution in [0.5, 0.6) is 0 Å². The average Bonchev–Trinajstić information content (AvgIpc) is 2.21. The van der Waals surface area contributed by atoms with Crippen LogP contribution in [0.3, 0.4) is 0 Å². The first-order valence-electron chi connectivity index (χ1n) is 5.73. The molecular weight excluding hydrogens is 282 g/mol. The molecule has 1 rings (SSSR count). The van der Waals surface area contributed by atoms with Crippen LogP contribution >= 0.6 is 27.7 Å². The second-order valence-electron chi connectivity index (χ2n) is 4.27. The SMILES string of the molecule is CCC(C)Sc1ccc(Br)cc1CC(C)N. The molecule has 0 fully saturated rings. The lowest BCUT2D eigenvalue weighted by Crippen LogP contribution is -2.18.